The molecule has 3 nitrogen and oxygen atoms in total. The topological polar surface area (TPSA) is 57.5 Å². The number of hydrogen-bond acceptors (Lipinski definition) is 2. The zero-order valence-corrected chi connectivity index (χ0v) is 15.4. The van der Waals surface area contributed by atoms with Gasteiger partial charge in [0.2, 0.25) is 0 Å². The minimum absolute atomic E-state index is 0.128. The average Bonchev–Trinajstić information content (AvgIpc) is 2.44. The van der Waals surface area contributed by atoms with Crippen molar-refractivity contribution in [3.63, 3.8) is 0 Å². The quantitative estimate of drug-likeness (QED) is 0.725. The molecule has 2 rings (SSSR count). The first-order chi connectivity index (χ1) is 10.6. The lowest BCUT2D eigenvalue weighted by molar-refractivity contribution is -0.138. The van der Waals surface area contributed by atoms with Gasteiger partial charge in [0.1, 0.15) is 0 Å². The van der Waals surface area contributed by atoms with E-state index in [-0.39, 0.29) is 29.3 Å². The van der Waals surface area contributed by atoms with E-state index < -0.39 is 5.97 Å². The highest BCUT2D eigenvalue weighted by Gasteiger charge is 2.50. The predicted molar refractivity (Wildman–Crippen MR) is 93.1 cm³/mol. The fourth-order valence-electron chi connectivity index (χ4n) is 4.87. The summed E-state index contributed by atoms with van der Waals surface area (Å²) in [5.74, 6) is 0.677. The summed E-state index contributed by atoms with van der Waals surface area (Å²) in [7, 11) is 0. The Morgan fingerprint density at radius 3 is 2.61 bits per heavy atom. The van der Waals surface area contributed by atoms with Gasteiger partial charge >= 0.3 is 5.97 Å². The van der Waals surface area contributed by atoms with Crippen LogP contribution in [0.3, 0.4) is 0 Å². The maximum atomic E-state index is 10.9. The number of aliphatic carboxylic acids is 1. The Morgan fingerprint density at radius 1 is 1.35 bits per heavy atom. The third kappa shape index (κ3) is 3.50. The van der Waals surface area contributed by atoms with Gasteiger partial charge in [-0.1, -0.05) is 46.3 Å². The lowest BCUT2D eigenvalue weighted by atomic mass is 9.51. The summed E-state index contributed by atoms with van der Waals surface area (Å²) < 4.78 is 0. The van der Waals surface area contributed by atoms with Crippen LogP contribution in [0.5, 0.6) is 0 Å². The zero-order chi connectivity index (χ0) is 17.4. The molecule has 0 amide bonds. The largest absolute Gasteiger partial charge is 0.481 e. The summed E-state index contributed by atoms with van der Waals surface area (Å²) in [5.41, 5.74) is 1.54. The van der Waals surface area contributed by atoms with E-state index in [1.807, 2.05) is 0 Å². The van der Waals surface area contributed by atoms with Crippen molar-refractivity contribution in [3.8, 4) is 0 Å². The Hall–Kier alpha value is -0.830. The Morgan fingerprint density at radius 2 is 2.00 bits per heavy atom. The number of aliphatic hydroxyl groups is 1. The molecule has 1 saturated carbocycles. The summed E-state index contributed by atoms with van der Waals surface area (Å²) in [4.78, 5) is 10.9. The van der Waals surface area contributed by atoms with Crippen molar-refractivity contribution in [2.24, 2.45) is 28.6 Å². The van der Waals surface area contributed by atoms with Crippen LogP contribution in [0.1, 0.15) is 73.1 Å². The molecular weight excluding hydrogens is 288 g/mol. The van der Waals surface area contributed by atoms with Crippen LogP contribution in [0.15, 0.2) is 11.6 Å². The molecule has 5 unspecified atom stereocenters. The average molecular weight is 322 g/mol. The number of rotatable bonds is 5. The van der Waals surface area contributed by atoms with Crippen molar-refractivity contribution >= 4 is 5.97 Å². The highest BCUT2D eigenvalue weighted by Crippen LogP contribution is 2.58. The van der Waals surface area contributed by atoms with Crippen molar-refractivity contribution in [1.82, 2.24) is 0 Å². The lowest BCUT2D eigenvalue weighted by Crippen LogP contribution is -2.48. The van der Waals surface area contributed by atoms with Crippen LogP contribution in [0, 0.1) is 28.6 Å². The molecule has 0 aromatic rings. The van der Waals surface area contributed by atoms with E-state index in [2.05, 4.69) is 40.7 Å². The van der Waals surface area contributed by atoms with E-state index in [9.17, 15) is 9.90 Å². The molecule has 0 aromatic carbocycles. The van der Waals surface area contributed by atoms with Crippen molar-refractivity contribution in [1.29, 1.82) is 0 Å². The van der Waals surface area contributed by atoms with E-state index in [0.717, 1.165) is 32.1 Å². The molecule has 0 bridgehead atoms. The Balaban J connectivity index is 2.17. The van der Waals surface area contributed by atoms with Crippen LogP contribution in [0.25, 0.3) is 0 Å². The van der Waals surface area contributed by atoms with Gasteiger partial charge in [-0.05, 0) is 55.3 Å². The highest BCUT2D eigenvalue weighted by molar-refractivity contribution is 5.66. The molecule has 0 spiro atoms. The van der Waals surface area contributed by atoms with Crippen LogP contribution in [0.2, 0.25) is 0 Å². The summed E-state index contributed by atoms with van der Waals surface area (Å²) >= 11 is 0. The van der Waals surface area contributed by atoms with Crippen molar-refractivity contribution < 1.29 is 15.0 Å². The molecule has 1 fully saturated rings. The number of carboxylic acids is 1. The molecule has 132 valence electrons. The van der Waals surface area contributed by atoms with Crippen LogP contribution in [-0.4, -0.2) is 22.3 Å². The molecule has 2 aliphatic carbocycles. The Kier molecular flexibility index (Phi) is 5.30. The van der Waals surface area contributed by atoms with Gasteiger partial charge in [-0.15, -0.1) is 0 Å². The van der Waals surface area contributed by atoms with E-state index >= 15 is 0 Å². The fraction of sp³-hybridized carbons (Fsp3) is 0.850. The highest BCUT2D eigenvalue weighted by atomic mass is 16.4. The first kappa shape index (κ1) is 18.5. The van der Waals surface area contributed by atoms with Gasteiger partial charge in [-0.3, -0.25) is 4.79 Å². The smallest absolute Gasteiger partial charge is 0.303 e. The third-order valence-electron chi connectivity index (χ3n) is 6.99. The van der Waals surface area contributed by atoms with Crippen LogP contribution >= 0.6 is 0 Å². The molecule has 2 aliphatic rings. The van der Waals surface area contributed by atoms with Gasteiger partial charge in [0.25, 0.3) is 0 Å². The van der Waals surface area contributed by atoms with E-state index in [1.54, 1.807) is 0 Å². The van der Waals surface area contributed by atoms with Crippen molar-refractivity contribution in [2.75, 3.05) is 0 Å². The number of fused-ring (bicyclic) bond motifs is 1. The van der Waals surface area contributed by atoms with E-state index in [0.29, 0.717) is 11.8 Å². The normalized spacial score (nSPS) is 37.7. The summed E-state index contributed by atoms with van der Waals surface area (Å²) in [6.07, 6.45) is 7.48. The minimum Gasteiger partial charge on any atom is -0.481 e. The fourth-order valence-corrected chi connectivity index (χ4v) is 4.87. The van der Waals surface area contributed by atoms with Gasteiger partial charge in [0, 0.05) is 11.8 Å². The molecule has 0 aromatic heterocycles. The molecule has 0 radical (unpaired) electrons. The van der Waals surface area contributed by atoms with Crippen LogP contribution in [-0.2, 0) is 4.79 Å². The number of aliphatic hydroxyl groups excluding tert-OH is 1. The number of carbonyl (C=O) groups is 1. The maximum absolute atomic E-state index is 10.9. The number of allylic oxidation sites excluding steroid dienone is 1. The Bertz CT molecular complexity index is 479. The van der Waals surface area contributed by atoms with Gasteiger partial charge in [0.15, 0.2) is 0 Å². The number of carboxylic acid groups (broad SMARTS) is 1. The molecule has 23 heavy (non-hydrogen) atoms. The lowest BCUT2D eigenvalue weighted by Gasteiger charge is -2.54. The summed E-state index contributed by atoms with van der Waals surface area (Å²) in [6, 6.07) is 0. The molecule has 0 aliphatic heterocycles. The second-order valence-electron chi connectivity index (χ2n) is 8.91. The van der Waals surface area contributed by atoms with Crippen molar-refractivity contribution in [2.45, 2.75) is 79.2 Å². The van der Waals surface area contributed by atoms with Crippen molar-refractivity contribution in [3.05, 3.63) is 11.6 Å². The first-order valence-corrected chi connectivity index (χ1v) is 9.19. The van der Waals surface area contributed by atoms with Crippen LogP contribution < -0.4 is 0 Å². The molecule has 3 heteroatoms. The molecule has 2 N–H and O–H groups in total. The SMILES string of the molecule is CC(CCC1(C)C(C)CC=C2C1CCC(O)C2(C)C)CC(=O)O. The zero-order valence-electron chi connectivity index (χ0n) is 15.4. The molecule has 0 saturated heterocycles. The second kappa shape index (κ2) is 6.58. The van der Waals surface area contributed by atoms with Gasteiger partial charge < -0.3 is 10.2 Å². The molecular formula is C20H34O3. The predicted octanol–water partition coefficient (Wildman–Crippen LogP) is 4.65. The maximum Gasteiger partial charge on any atom is 0.303 e. The van der Waals surface area contributed by atoms with Gasteiger partial charge in [0.05, 0.1) is 6.10 Å². The van der Waals surface area contributed by atoms with Crippen LogP contribution in [0.4, 0.5) is 0 Å². The monoisotopic (exact) mass is 322 g/mol. The van der Waals surface area contributed by atoms with E-state index in [1.165, 1.54) is 5.57 Å². The number of hydrogen-bond donors (Lipinski definition) is 2. The van der Waals surface area contributed by atoms with Gasteiger partial charge in [-0.2, -0.15) is 0 Å². The third-order valence-corrected chi connectivity index (χ3v) is 6.99. The second-order valence-corrected chi connectivity index (χ2v) is 8.91. The summed E-state index contributed by atoms with van der Waals surface area (Å²) in [5, 5.41) is 19.4. The first-order valence-electron chi connectivity index (χ1n) is 9.19. The molecule has 0 heterocycles. The van der Waals surface area contributed by atoms with Gasteiger partial charge in [-0.25, -0.2) is 0 Å². The standard InChI is InChI=1S/C20H34O3/c1-13(12-18(22)23)10-11-20(5)14(2)6-7-15-16(20)8-9-17(21)19(15,3)4/h7,13-14,16-17,21H,6,8-12H2,1-5H3,(H,22,23). The summed E-state index contributed by atoms with van der Waals surface area (Å²) in [6.45, 7) is 11.2. The van der Waals surface area contributed by atoms with E-state index in [4.69, 9.17) is 5.11 Å². The Labute approximate surface area is 141 Å². The minimum atomic E-state index is -0.693. The molecule has 5 atom stereocenters.